The summed E-state index contributed by atoms with van der Waals surface area (Å²) in [5, 5.41) is 10.3. The van der Waals surface area contributed by atoms with Crippen molar-refractivity contribution in [2.45, 2.75) is 51.6 Å². The van der Waals surface area contributed by atoms with Gasteiger partial charge >= 0.3 is 0 Å². The molecule has 0 bridgehead atoms. The van der Waals surface area contributed by atoms with Gasteiger partial charge in [0.15, 0.2) is 0 Å². The van der Waals surface area contributed by atoms with E-state index < -0.39 is 0 Å². The van der Waals surface area contributed by atoms with Crippen LogP contribution >= 0.6 is 0 Å². The molecule has 2 atom stereocenters. The second-order valence-corrected chi connectivity index (χ2v) is 4.45. The first-order chi connectivity index (χ1) is 7.38. The van der Waals surface area contributed by atoms with Crippen molar-refractivity contribution < 1.29 is 0 Å². The Kier molecular flexibility index (Phi) is 3.72. The molecule has 1 aromatic rings. The molecule has 2 N–H and O–H groups in total. The molecule has 0 saturated heterocycles. The van der Waals surface area contributed by atoms with Crippen LogP contribution in [-0.4, -0.2) is 21.2 Å². The molecule has 0 amide bonds. The fourth-order valence-corrected chi connectivity index (χ4v) is 2.40. The van der Waals surface area contributed by atoms with Crippen LogP contribution in [0.15, 0.2) is 6.33 Å². The van der Waals surface area contributed by atoms with Crippen molar-refractivity contribution >= 4 is 0 Å². The van der Waals surface area contributed by atoms with E-state index in [1.165, 1.54) is 32.1 Å². The summed E-state index contributed by atoms with van der Waals surface area (Å²) in [7, 11) is 0. The van der Waals surface area contributed by atoms with E-state index in [4.69, 9.17) is 0 Å². The predicted octanol–water partition coefficient (Wildman–Crippen LogP) is 1.86. The molecule has 84 valence electrons. The summed E-state index contributed by atoms with van der Waals surface area (Å²) in [5.74, 6) is 1.86. The minimum atomic E-state index is 0.675. The molecule has 2 rings (SSSR count). The van der Waals surface area contributed by atoms with Gasteiger partial charge in [-0.15, -0.1) is 0 Å². The van der Waals surface area contributed by atoms with Gasteiger partial charge in [-0.2, -0.15) is 5.10 Å². The highest BCUT2D eigenvalue weighted by molar-refractivity contribution is 4.83. The van der Waals surface area contributed by atoms with Gasteiger partial charge in [0.1, 0.15) is 12.2 Å². The molecular weight excluding hydrogens is 188 g/mol. The molecule has 0 radical (unpaired) electrons. The summed E-state index contributed by atoms with van der Waals surface area (Å²) in [4.78, 5) is 4.11. The molecule has 4 heteroatoms. The number of hydrogen-bond donors (Lipinski definition) is 2. The third kappa shape index (κ3) is 3.02. The third-order valence-corrected chi connectivity index (χ3v) is 3.38. The molecule has 1 saturated carbocycles. The van der Waals surface area contributed by atoms with Gasteiger partial charge in [-0.05, 0) is 18.8 Å². The molecule has 1 aliphatic rings. The van der Waals surface area contributed by atoms with Crippen molar-refractivity contribution in [1.29, 1.82) is 0 Å². The van der Waals surface area contributed by atoms with E-state index in [-0.39, 0.29) is 0 Å². The fraction of sp³-hybridized carbons (Fsp3) is 0.818. The Morgan fingerprint density at radius 1 is 1.53 bits per heavy atom. The Morgan fingerprint density at radius 3 is 3.20 bits per heavy atom. The van der Waals surface area contributed by atoms with E-state index >= 15 is 0 Å². The smallest absolute Gasteiger partial charge is 0.138 e. The number of nitrogens with one attached hydrogen (secondary N) is 2. The van der Waals surface area contributed by atoms with Gasteiger partial charge in [0.05, 0.1) is 6.54 Å². The van der Waals surface area contributed by atoms with Crippen molar-refractivity contribution in [2.24, 2.45) is 5.92 Å². The van der Waals surface area contributed by atoms with Gasteiger partial charge in [0.2, 0.25) is 0 Å². The maximum atomic E-state index is 4.11. The maximum Gasteiger partial charge on any atom is 0.138 e. The zero-order valence-corrected chi connectivity index (χ0v) is 9.37. The van der Waals surface area contributed by atoms with E-state index in [0.717, 1.165) is 18.3 Å². The second kappa shape index (κ2) is 5.26. The van der Waals surface area contributed by atoms with Crippen LogP contribution in [0, 0.1) is 5.92 Å². The van der Waals surface area contributed by atoms with Crippen LogP contribution in [0.2, 0.25) is 0 Å². The van der Waals surface area contributed by atoms with Crippen molar-refractivity contribution in [3.05, 3.63) is 12.2 Å². The average Bonchev–Trinajstić information content (AvgIpc) is 2.79. The lowest BCUT2D eigenvalue weighted by Gasteiger charge is -2.28. The lowest BCUT2D eigenvalue weighted by molar-refractivity contribution is 0.277. The Balaban J connectivity index is 1.74. The topological polar surface area (TPSA) is 53.6 Å². The molecule has 4 nitrogen and oxygen atoms in total. The summed E-state index contributed by atoms with van der Waals surface area (Å²) in [6.45, 7) is 3.12. The lowest BCUT2D eigenvalue weighted by atomic mass is 9.84. The fourth-order valence-electron chi connectivity index (χ4n) is 2.40. The number of nitrogens with zero attached hydrogens (tertiary/aromatic N) is 2. The van der Waals surface area contributed by atoms with Crippen LogP contribution in [0.25, 0.3) is 0 Å². The quantitative estimate of drug-likeness (QED) is 0.794. The molecule has 0 aliphatic heterocycles. The van der Waals surface area contributed by atoms with Crippen LogP contribution in [0.1, 0.15) is 44.9 Å². The normalized spacial score (nSPS) is 26.7. The summed E-state index contributed by atoms with van der Waals surface area (Å²) in [6.07, 6.45) is 8.30. The second-order valence-electron chi connectivity index (χ2n) is 4.45. The highest BCUT2D eigenvalue weighted by Crippen LogP contribution is 2.26. The molecule has 0 aromatic carbocycles. The molecule has 1 fully saturated rings. The van der Waals surface area contributed by atoms with Gasteiger partial charge < -0.3 is 5.32 Å². The van der Waals surface area contributed by atoms with Crippen LogP contribution in [0.3, 0.4) is 0 Å². The average molecular weight is 208 g/mol. The van der Waals surface area contributed by atoms with Crippen LogP contribution < -0.4 is 5.32 Å². The first-order valence-electron chi connectivity index (χ1n) is 5.96. The van der Waals surface area contributed by atoms with E-state index in [2.05, 4.69) is 27.4 Å². The first-order valence-corrected chi connectivity index (χ1v) is 5.96. The molecular formula is C11H20N4. The molecule has 2 unspecified atom stereocenters. The molecule has 1 aliphatic carbocycles. The van der Waals surface area contributed by atoms with E-state index in [1.807, 2.05) is 0 Å². The number of aromatic amines is 1. The Hall–Kier alpha value is -0.900. The molecule has 15 heavy (non-hydrogen) atoms. The van der Waals surface area contributed by atoms with Crippen LogP contribution in [-0.2, 0) is 6.54 Å². The number of aromatic nitrogens is 3. The number of rotatable bonds is 4. The third-order valence-electron chi connectivity index (χ3n) is 3.38. The van der Waals surface area contributed by atoms with Crippen molar-refractivity contribution in [2.75, 3.05) is 0 Å². The monoisotopic (exact) mass is 208 g/mol. The highest BCUT2D eigenvalue weighted by atomic mass is 15.2. The Bertz CT molecular complexity index is 270. The number of hydrogen-bond acceptors (Lipinski definition) is 3. The minimum Gasteiger partial charge on any atom is -0.307 e. The first kappa shape index (κ1) is 10.6. The zero-order valence-electron chi connectivity index (χ0n) is 9.37. The van der Waals surface area contributed by atoms with E-state index in [0.29, 0.717) is 6.04 Å². The van der Waals surface area contributed by atoms with E-state index in [1.54, 1.807) is 6.33 Å². The summed E-state index contributed by atoms with van der Waals surface area (Å²) >= 11 is 0. The zero-order chi connectivity index (χ0) is 10.5. The maximum absolute atomic E-state index is 4.11. The van der Waals surface area contributed by atoms with Gasteiger partial charge in [0, 0.05) is 6.04 Å². The van der Waals surface area contributed by atoms with Crippen molar-refractivity contribution in [3.63, 3.8) is 0 Å². The van der Waals surface area contributed by atoms with Crippen LogP contribution in [0.5, 0.6) is 0 Å². The van der Waals surface area contributed by atoms with Gasteiger partial charge in [-0.25, -0.2) is 4.98 Å². The Morgan fingerprint density at radius 2 is 2.47 bits per heavy atom. The summed E-state index contributed by atoms with van der Waals surface area (Å²) in [5.41, 5.74) is 0. The molecule has 1 aromatic heterocycles. The number of H-pyrrole nitrogens is 1. The highest BCUT2D eigenvalue weighted by Gasteiger charge is 2.20. The molecule has 0 spiro atoms. The minimum absolute atomic E-state index is 0.675. The van der Waals surface area contributed by atoms with Gasteiger partial charge in [-0.3, -0.25) is 5.10 Å². The van der Waals surface area contributed by atoms with E-state index in [9.17, 15) is 0 Å². The summed E-state index contributed by atoms with van der Waals surface area (Å²) in [6, 6.07) is 0.675. The van der Waals surface area contributed by atoms with Gasteiger partial charge in [0.25, 0.3) is 0 Å². The standard InChI is InChI=1S/C11H20N4/c1-2-9-4-3-5-10(6-9)12-7-11-13-8-14-15-11/h8-10,12H,2-7H2,1H3,(H,13,14,15). The molecule has 1 heterocycles. The largest absolute Gasteiger partial charge is 0.307 e. The summed E-state index contributed by atoms with van der Waals surface area (Å²) < 4.78 is 0. The van der Waals surface area contributed by atoms with Crippen molar-refractivity contribution in [1.82, 2.24) is 20.5 Å². The lowest BCUT2D eigenvalue weighted by Crippen LogP contribution is -2.33. The van der Waals surface area contributed by atoms with Gasteiger partial charge in [-0.1, -0.05) is 26.2 Å². The SMILES string of the molecule is CCC1CCCC(NCc2ncn[nH]2)C1. The Labute approximate surface area is 90.9 Å². The predicted molar refractivity (Wildman–Crippen MR) is 59.3 cm³/mol. The van der Waals surface area contributed by atoms with Crippen LogP contribution in [0.4, 0.5) is 0 Å². The van der Waals surface area contributed by atoms with Crippen molar-refractivity contribution in [3.8, 4) is 0 Å².